The molecule has 2 aromatic rings. The summed E-state index contributed by atoms with van der Waals surface area (Å²) < 4.78 is 2.18. The fourth-order valence-electron chi connectivity index (χ4n) is 2.55. The first-order chi connectivity index (χ1) is 11.7. The smallest absolute Gasteiger partial charge is 0.233 e. The molecule has 1 aromatic heterocycles. The summed E-state index contributed by atoms with van der Waals surface area (Å²) in [6.07, 6.45) is 3.31. The third-order valence-electron chi connectivity index (χ3n) is 4.07. The molecule has 1 aromatic carbocycles. The lowest BCUT2D eigenvalue weighted by Crippen LogP contribution is -2.31. The van der Waals surface area contributed by atoms with Crippen LogP contribution in [0.4, 0.5) is 0 Å². The third kappa shape index (κ3) is 4.17. The normalized spacial score (nSPS) is 15.2. The van der Waals surface area contributed by atoms with E-state index in [-0.39, 0.29) is 11.2 Å². The van der Waals surface area contributed by atoms with E-state index in [0.717, 1.165) is 23.9 Å². The van der Waals surface area contributed by atoms with Gasteiger partial charge in [-0.3, -0.25) is 4.79 Å². The number of aromatic nitrogens is 3. The molecule has 1 fully saturated rings. The van der Waals surface area contributed by atoms with Crippen molar-refractivity contribution in [3.05, 3.63) is 41.7 Å². The molecule has 1 heterocycles. The van der Waals surface area contributed by atoms with Gasteiger partial charge in [0.1, 0.15) is 5.82 Å². The number of carbonyl (C=O) groups is 1. The van der Waals surface area contributed by atoms with Gasteiger partial charge >= 0.3 is 0 Å². The summed E-state index contributed by atoms with van der Waals surface area (Å²) in [5.41, 5.74) is 1.23. The molecule has 1 atom stereocenters. The Kier molecular flexibility index (Phi) is 5.56. The summed E-state index contributed by atoms with van der Waals surface area (Å²) in [6.45, 7) is 5.45. The van der Waals surface area contributed by atoms with E-state index >= 15 is 0 Å². The lowest BCUT2D eigenvalue weighted by Gasteiger charge is -2.13. The molecule has 0 radical (unpaired) electrons. The van der Waals surface area contributed by atoms with Gasteiger partial charge in [-0.05, 0) is 31.7 Å². The van der Waals surface area contributed by atoms with Crippen molar-refractivity contribution in [2.45, 2.75) is 56.0 Å². The standard InChI is InChI=1S/C18H24N4OS/c1-3-11-19-17(23)13(2)24-18-21-20-16(15-9-10-15)22(18)12-14-7-5-4-6-8-14/h4-8,13,15H,3,9-12H2,1-2H3,(H,19,23). The lowest BCUT2D eigenvalue weighted by atomic mass is 10.2. The Bertz CT molecular complexity index is 682. The van der Waals surface area contributed by atoms with E-state index in [4.69, 9.17) is 0 Å². The molecular formula is C18H24N4OS. The van der Waals surface area contributed by atoms with Gasteiger partial charge in [-0.2, -0.15) is 0 Å². The maximum Gasteiger partial charge on any atom is 0.233 e. The Morgan fingerprint density at radius 3 is 2.75 bits per heavy atom. The molecule has 1 saturated carbocycles. The monoisotopic (exact) mass is 344 g/mol. The molecule has 1 unspecified atom stereocenters. The summed E-state index contributed by atoms with van der Waals surface area (Å²) in [4.78, 5) is 12.1. The number of nitrogens with zero attached hydrogens (tertiary/aromatic N) is 3. The van der Waals surface area contributed by atoms with Gasteiger partial charge in [0, 0.05) is 12.5 Å². The number of carbonyl (C=O) groups excluding carboxylic acids is 1. The van der Waals surface area contributed by atoms with Gasteiger partial charge in [0.2, 0.25) is 5.91 Å². The quantitative estimate of drug-likeness (QED) is 0.747. The summed E-state index contributed by atoms with van der Waals surface area (Å²) in [6, 6.07) is 10.3. The van der Waals surface area contributed by atoms with Gasteiger partial charge in [0.05, 0.1) is 11.8 Å². The van der Waals surface area contributed by atoms with Crippen LogP contribution >= 0.6 is 11.8 Å². The van der Waals surface area contributed by atoms with E-state index in [9.17, 15) is 4.79 Å². The molecule has 1 amide bonds. The predicted molar refractivity (Wildman–Crippen MR) is 96.2 cm³/mol. The van der Waals surface area contributed by atoms with E-state index in [1.165, 1.54) is 30.2 Å². The van der Waals surface area contributed by atoms with Crippen molar-refractivity contribution in [3.63, 3.8) is 0 Å². The number of rotatable bonds is 8. The Morgan fingerprint density at radius 2 is 2.08 bits per heavy atom. The first-order valence-corrected chi connectivity index (χ1v) is 9.48. The Labute approximate surface area is 147 Å². The topological polar surface area (TPSA) is 59.8 Å². The summed E-state index contributed by atoms with van der Waals surface area (Å²) in [7, 11) is 0. The van der Waals surface area contributed by atoms with E-state index < -0.39 is 0 Å². The minimum Gasteiger partial charge on any atom is -0.355 e. The van der Waals surface area contributed by atoms with E-state index in [1.54, 1.807) is 0 Å². The molecule has 24 heavy (non-hydrogen) atoms. The van der Waals surface area contributed by atoms with Gasteiger partial charge < -0.3 is 9.88 Å². The average molecular weight is 344 g/mol. The largest absolute Gasteiger partial charge is 0.355 e. The van der Waals surface area contributed by atoms with Crippen LogP contribution in [0.15, 0.2) is 35.5 Å². The third-order valence-corrected chi connectivity index (χ3v) is 5.15. The molecular weight excluding hydrogens is 320 g/mol. The summed E-state index contributed by atoms with van der Waals surface area (Å²) >= 11 is 1.49. The van der Waals surface area contributed by atoms with Crippen molar-refractivity contribution in [3.8, 4) is 0 Å². The van der Waals surface area contributed by atoms with Gasteiger partial charge in [0.15, 0.2) is 5.16 Å². The van der Waals surface area contributed by atoms with Crippen LogP contribution in [0.1, 0.15) is 50.4 Å². The maximum atomic E-state index is 12.1. The highest BCUT2D eigenvalue weighted by molar-refractivity contribution is 8.00. The van der Waals surface area contributed by atoms with Crippen LogP contribution in [-0.4, -0.2) is 32.5 Å². The molecule has 128 valence electrons. The Hall–Kier alpha value is -1.82. The number of thioether (sulfide) groups is 1. The van der Waals surface area contributed by atoms with Crippen LogP contribution in [0.2, 0.25) is 0 Å². The minimum absolute atomic E-state index is 0.0593. The molecule has 1 aliphatic rings. The van der Waals surface area contributed by atoms with Gasteiger partial charge in [-0.1, -0.05) is 49.0 Å². The SMILES string of the molecule is CCCNC(=O)C(C)Sc1nnc(C2CC2)n1Cc1ccccc1. The molecule has 1 aliphatic carbocycles. The molecule has 0 aliphatic heterocycles. The molecule has 0 saturated heterocycles. The average Bonchev–Trinajstić information content (AvgIpc) is 3.37. The van der Waals surface area contributed by atoms with Crippen LogP contribution < -0.4 is 5.32 Å². The van der Waals surface area contributed by atoms with Crippen LogP contribution in [-0.2, 0) is 11.3 Å². The highest BCUT2D eigenvalue weighted by Crippen LogP contribution is 2.40. The fraction of sp³-hybridized carbons (Fsp3) is 0.500. The lowest BCUT2D eigenvalue weighted by molar-refractivity contribution is -0.120. The van der Waals surface area contributed by atoms with Gasteiger partial charge in [-0.25, -0.2) is 0 Å². The molecule has 0 bridgehead atoms. The highest BCUT2D eigenvalue weighted by Gasteiger charge is 2.31. The van der Waals surface area contributed by atoms with Gasteiger partial charge in [0.25, 0.3) is 0 Å². The zero-order chi connectivity index (χ0) is 16.9. The second-order valence-corrected chi connectivity index (χ2v) is 7.55. The highest BCUT2D eigenvalue weighted by atomic mass is 32.2. The fourth-order valence-corrected chi connectivity index (χ4v) is 3.43. The second-order valence-electron chi connectivity index (χ2n) is 6.24. The predicted octanol–water partition coefficient (Wildman–Crippen LogP) is 3.21. The summed E-state index contributed by atoms with van der Waals surface area (Å²) in [5.74, 6) is 1.64. The minimum atomic E-state index is -0.178. The molecule has 3 rings (SSSR count). The first kappa shape index (κ1) is 17.0. The molecule has 5 nitrogen and oxygen atoms in total. The van der Waals surface area contributed by atoms with E-state index in [2.05, 4.69) is 39.1 Å². The zero-order valence-electron chi connectivity index (χ0n) is 14.2. The van der Waals surface area contributed by atoms with Gasteiger partial charge in [-0.15, -0.1) is 10.2 Å². The van der Waals surface area contributed by atoms with Crippen molar-refractivity contribution < 1.29 is 4.79 Å². The first-order valence-electron chi connectivity index (χ1n) is 8.60. The molecule has 6 heteroatoms. The Balaban J connectivity index is 1.76. The number of benzene rings is 1. The number of hydrogen-bond donors (Lipinski definition) is 1. The molecule has 1 N–H and O–H groups in total. The van der Waals surface area contributed by atoms with Crippen molar-refractivity contribution in [1.29, 1.82) is 0 Å². The number of nitrogens with one attached hydrogen (secondary N) is 1. The van der Waals surface area contributed by atoms with Crippen molar-refractivity contribution in [1.82, 2.24) is 20.1 Å². The second kappa shape index (κ2) is 7.83. The summed E-state index contributed by atoms with van der Waals surface area (Å²) in [5, 5.41) is 12.4. The zero-order valence-corrected chi connectivity index (χ0v) is 15.1. The number of amides is 1. The van der Waals surface area contributed by atoms with Crippen LogP contribution in [0, 0.1) is 0 Å². The van der Waals surface area contributed by atoms with E-state index in [1.807, 2.05) is 25.1 Å². The van der Waals surface area contributed by atoms with Crippen LogP contribution in [0.25, 0.3) is 0 Å². The number of hydrogen-bond acceptors (Lipinski definition) is 4. The Morgan fingerprint density at radius 1 is 1.33 bits per heavy atom. The van der Waals surface area contributed by atoms with Crippen LogP contribution in [0.5, 0.6) is 0 Å². The molecule has 0 spiro atoms. The van der Waals surface area contributed by atoms with E-state index in [0.29, 0.717) is 12.5 Å². The van der Waals surface area contributed by atoms with Crippen LogP contribution in [0.3, 0.4) is 0 Å². The maximum absolute atomic E-state index is 12.1. The van der Waals surface area contributed by atoms with Crippen molar-refractivity contribution >= 4 is 17.7 Å². The van der Waals surface area contributed by atoms with Crippen molar-refractivity contribution in [2.75, 3.05) is 6.54 Å². The van der Waals surface area contributed by atoms with Crippen molar-refractivity contribution in [2.24, 2.45) is 0 Å².